The number of carboxylic acid groups (broad SMARTS) is 1. The molecule has 2 aromatic carbocycles. The molecule has 0 bridgehead atoms. The number of hydrogen-bond acceptors (Lipinski definition) is 7. The highest BCUT2D eigenvalue weighted by molar-refractivity contribution is 6.25. The molecule has 4 aliphatic rings. The summed E-state index contributed by atoms with van der Waals surface area (Å²) < 4.78 is 14.5. The summed E-state index contributed by atoms with van der Waals surface area (Å²) in [5, 5.41) is 30.1. The van der Waals surface area contributed by atoms with Gasteiger partial charge in [0.2, 0.25) is 11.8 Å². The number of rotatable bonds is 3. The van der Waals surface area contributed by atoms with Crippen molar-refractivity contribution >= 4 is 35.0 Å². The van der Waals surface area contributed by atoms with E-state index in [2.05, 4.69) is 0 Å². The number of amides is 2. The van der Waals surface area contributed by atoms with Gasteiger partial charge in [-0.2, -0.15) is 0 Å². The first-order valence-corrected chi connectivity index (χ1v) is 12.6. The number of allylic oxidation sites excluding steroid dienone is 6. The van der Waals surface area contributed by atoms with Crippen LogP contribution in [0.15, 0.2) is 70.8 Å². The first-order valence-electron chi connectivity index (χ1n) is 12.6. The third-order valence-corrected chi connectivity index (χ3v) is 8.36. The van der Waals surface area contributed by atoms with Crippen molar-refractivity contribution in [3.63, 3.8) is 0 Å². The molecule has 4 atom stereocenters. The maximum atomic E-state index is 14.5. The molecule has 1 aliphatic heterocycles. The Labute approximate surface area is 226 Å². The summed E-state index contributed by atoms with van der Waals surface area (Å²) in [5.74, 6) is -8.97. The standard InChI is InChI=1S/C30H22FNO8/c1-12-9-22(34)25-19(26(12)35)11-18-14(23(25)16-3-2-4-20(31)27(16)36)7-8-17-24(18)29(38)32(28(17)37)13-5-6-15(30(39)40)21(33)10-13/h2-7,9-10,17-18,23-24,33,36H,8,11H2,1H3,(H,39,40)/t17-,18+,23+,24-/m0/s1. The fraction of sp³-hybridized carbons (Fsp3) is 0.233. The summed E-state index contributed by atoms with van der Waals surface area (Å²) in [6.45, 7) is 1.51. The summed E-state index contributed by atoms with van der Waals surface area (Å²) in [6.07, 6.45) is 3.06. The van der Waals surface area contributed by atoms with E-state index < -0.39 is 70.1 Å². The molecule has 3 aliphatic carbocycles. The SMILES string of the molecule is CC1=CC(=O)C2=C(C[C@@H]3C(=CC[C@@H]4C(=O)N(c5ccc(C(=O)O)c(O)c5)C(=O)[C@@H]43)[C@@H]2c2cccc(F)c2O)C1=O. The summed E-state index contributed by atoms with van der Waals surface area (Å²) in [4.78, 5) is 66.1. The predicted molar refractivity (Wildman–Crippen MR) is 137 cm³/mol. The van der Waals surface area contributed by atoms with Gasteiger partial charge >= 0.3 is 5.97 Å². The Kier molecular flexibility index (Phi) is 5.62. The van der Waals surface area contributed by atoms with Crippen molar-refractivity contribution in [2.45, 2.75) is 25.7 Å². The van der Waals surface area contributed by atoms with Gasteiger partial charge in [-0.1, -0.05) is 23.8 Å². The zero-order valence-corrected chi connectivity index (χ0v) is 21.1. The molecule has 10 heteroatoms. The minimum atomic E-state index is -1.38. The van der Waals surface area contributed by atoms with Gasteiger partial charge in [-0.05, 0) is 50.0 Å². The van der Waals surface area contributed by atoms with Gasteiger partial charge in [-0.3, -0.25) is 19.2 Å². The average Bonchev–Trinajstić information content (AvgIpc) is 3.17. The number of hydrogen-bond donors (Lipinski definition) is 3. The van der Waals surface area contributed by atoms with E-state index in [9.17, 15) is 43.7 Å². The Hall–Kier alpha value is -4.86. The number of carbonyl (C=O) groups is 5. The number of aromatic carboxylic acids is 1. The Morgan fingerprint density at radius 1 is 1.02 bits per heavy atom. The molecule has 1 saturated heterocycles. The van der Waals surface area contributed by atoms with E-state index in [0.29, 0.717) is 5.57 Å². The van der Waals surface area contributed by atoms with Gasteiger partial charge in [0.25, 0.3) is 0 Å². The van der Waals surface area contributed by atoms with E-state index in [1.165, 1.54) is 31.2 Å². The lowest BCUT2D eigenvalue weighted by molar-refractivity contribution is -0.123. The molecule has 9 nitrogen and oxygen atoms in total. The summed E-state index contributed by atoms with van der Waals surface area (Å²) >= 11 is 0. The normalized spacial score (nSPS) is 25.8. The smallest absolute Gasteiger partial charge is 0.339 e. The average molecular weight is 544 g/mol. The van der Waals surface area contributed by atoms with E-state index >= 15 is 0 Å². The Morgan fingerprint density at radius 2 is 1.77 bits per heavy atom. The molecule has 3 N–H and O–H groups in total. The molecular formula is C30H22FNO8. The molecule has 0 radical (unpaired) electrons. The number of carboxylic acids is 1. The van der Waals surface area contributed by atoms with E-state index in [4.69, 9.17) is 0 Å². The molecule has 0 aromatic heterocycles. The largest absolute Gasteiger partial charge is 0.507 e. The van der Waals surface area contributed by atoms with Gasteiger partial charge in [0.1, 0.15) is 11.3 Å². The number of Topliss-reactive ketones (excluding diaryl/α,β-unsaturated/α-hetero) is 1. The number of phenols is 2. The quantitative estimate of drug-likeness (QED) is 0.302. The van der Waals surface area contributed by atoms with Crippen LogP contribution in [0.25, 0.3) is 0 Å². The van der Waals surface area contributed by atoms with Crippen molar-refractivity contribution in [3.8, 4) is 11.5 Å². The number of phenolic OH excluding ortho intramolecular Hbond substituents is 1. The summed E-state index contributed by atoms with van der Waals surface area (Å²) in [7, 11) is 0. The number of carbonyl (C=O) groups excluding carboxylic acids is 4. The zero-order valence-electron chi connectivity index (χ0n) is 21.1. The lowest BCUT2D eigenvalue weighted by atomic mass is 9.59. The molecule has 0 unspecified atom stereocenters. The maximum absolute atomic E-state index is 14.5. The second-order valence-corrected chi connectivity index (χ2v) is 10.4. The van der Waals surface area contributed by atoms with Crippen molar-refractivity contribution in [1.29, 1.82) is 0 Å². The number of aromatic hydroxyl groups is 2. The first-order chi connectivity index (χ1) is 19.0. The number of nitrogens with zero attached hydrogens (tertiary/aromatic N) is 1. The minimum absolute atomic E-state index is 0.000721. The van der Waals surface area contributed by atoms with Crippen LogP contribution in [0.5, 0.6) is 11.5 Å². The lowest BCUT2D eigenvalue weighted by Gasteiger charge is -2.42. The third kappa shape index (κ3) is 3.48. The zero-order chi connectivity index (χ0) is 28.6. The number of ketones is 2. The van der Waals surface area contributed by atoms with Gasteiger partial charge in [0.15, 0.2) is 23.1 Å². The molecule has 2 aromatic rings. The van der Waals surface area contributed by atoms with Gasteiger partial charge < -0.3 is 15.3 Å². The van der Waals surface area contributed by atoms with Crippen LogP contribution in [0.2, 0.25) is 0 Å². The second kappa shape index (κ2) is 8.84. The van der Waals surface area contributed by atoms with Crippen molar-refractivity contribution in [2.24, 2.45) is 17.8 Å². The van der Waals surface area contributed by atoms with Crippen LogP contribution >= 0.6 is 0 Å². The topological polar surface area (TPSA) is 149 Å². The van der Waals surface area contributed by atoms with Crippen molar-refractivity contribution in [3.05, 3.63) is 87.8 Å². The molecule has 0 spiro atoms. The summed E-state index contributed by atoms with van der Waals surface area (Å²) in [6, 6.07) is 7.32. The van der Waals surface area contributed by atoms with E-state index in [-0.39, 0.29) is 46.6 Å². The minimum Gasteiger partial charge on any atom is -0.507 e. The van der Waals surface area contributed by atoms with E-state index in [1.807, 2.05) is 0 Å². The molecule has 40 heavy (non-hydrogen) atoms. The summed E-state index contributed by atoms with van der Waals surface area (Å²) in [5.41, 5.74) is 0.753. The van der Waals surface area contributed by atoms with Gasteiger partial charge in [0, 0.05) is 34.3 Å². The highest BCUT2D eigenvalue weighted by Gasteiger charge is 2.57. The molecule has 0 saturated carbocycles. The van der Waals surface area contributed by atoms with Crippen LogP contribution in [-0.2, 0) is 19.2 Å². The highest BCUT2D eigenvalue weighted by Crippen LogP contribution is 2.56. The third-order valence-electron chi connectivity index (χ3n) is 8.36. The van der Waals surface area contributed by atoms with Gasteiger partial charge in [-0.25, -0.2) is 14.1 Å². The monoisotopic (exact) mass is 543 g/mol. The van der Waals surface area contributed by atoms with Crippen LogP contribution in [0.1, 0.15) is 41.6 Å². The Morgan fingerprint density at radius 3 is 2.48 bits per heavy atom. The number of para-hydroxylation sites is 1. The first kappa shape index (κ1) is 25.4. The molecule has 6 rings (SSSR count). The second-order valence-electron chi connectivity index (χ2n) is 10.4. The van der Waals surface area contributed by atoms with Crippen LogP contribution in [0, 0.1) is 23.6 Å². The number of anilines is 1. The Bertz CT molecular complexity index is 1680. The number of halogens is 1. The molecule has 202 valence electrons. The molecule has 1 heterocycles. The predicted octanol–water partition coefficient (Wildman–Crippen LogP) is 3.57. The number of imide groups is 1. The highest BCUT2D eigenvalue weighted by atomic mass is 19.1. The number of benzene rings is 2. The maximum Gasteiger partial charge on any atom is 0.339 e. The van der Waals surface area contributed by atoms with Gasteiger partial charge in [-0.15, -0.1) is 0 Å². The fourth-order valence-electron chi connectivity index (χ4n) is 6.60. The molecule has 2 amide bonds. The van der Waals surface area contributed by atoms with Crippen molar-refractivity contribution in [1.82, 2.24) is 0 Å². The van der Waals surface area contributed by atoms with Crippen LogP contribution in [-0.4, -0.2) is 44.7 Å². The van der Waals surface area contributed by atoms with E-state index in [1.54, 1.807) is 6.08 Å². The fourth-order valence-corrected chi connectivity index (χ4v) is 6.60. The van der Waals surface area contributed by atoms with Gasteiger partial charge in [0.05, 0.1) is 17.5 Å². The van der Waals surface area contributed by atoms with Crippen LogP contribution < -0.4 is 4.90 Å². The van der Waals surface area contributed by atoms with Crippen molar-refractivity contribution in [2.75, 3.05) is 4.90 Å². The van der Waals surface area contributed by atoms with E-state index in [0.717, 1.165) is 23.1 Å². The van der Waals surface area contributed by atoms with Crippen molar-refractivity contribution < 1.29 is 43.7 Å². The molecule has 1 fully saturated rings. The Balaban J connectivity index is 1.48. The van der Waals surface area contributed by atoms with Crippen LogP contribution in [0.4, 0.5) is 10.1 Å². The lowest BCUT2D eigenvalue weighted by Crippen LogP contribution is -2.39. The van der Waals surface area contributed by atoms with Crippen LogP contribution in [0.3, 0.4) is 0 Å². The molecular weight excluding hydrogens is 521 g/mol. The number of fused-ring (bicyclic) bond motifs is 3.